The van der Waals surface area contributed by atoms with E-state index in [-0.39, 0.29) is 18.6 Å². The first-order valence-electron chi connectivity index (χ1n) is 6.54. The lowest BCUT2D eigenvalue weighted by Crippen LogP contribution is -2.28. The summed E-state index contributed by atoms with van der Waals surface area (Å²) >= 11 is 0. The average Bonchev–Trinajstić information content (AvgIpc) is 2.39. The molecule has 1 amide bonds. The van der Waals surface area contributed by atoms with Gasteiger partial charge in [0.1, 0.15) is 5.75 Å². The minimum atomic E-state index is -0.0810. The zero-order valence-electron chi connectivity index (χ0n) is 11.6. The molecule has 1 rings (SSSR count). The number of benzene rings is 1. The van der Waals surface area contributed by atoms with Gasteiger partial charge >= 0.3 is 0 Å². The molecule has 0 aliphatic heterocycles. The summed E-state index contributed by atoms with van der Waals surface area (Å²) in [6.45, 7) is 8.55. The Kier molecular flexibility index (Phi) is 6.68. The molecule has 1 aromatic rings. The molecule has 1 unspecified atom stereocenters. The molecule has 0 aliphatic rings. The average molecular weight is 262 g/mol. The van der Waals surface area contributed by atoms with Crippen molar-refractivity contribution in [3.8, 4) is 5.75 Å². The molecule has 0 radical (unpaired) electrons. The van der Waals surface area contributed by atoms with Crippen LogP contribution in [-0.4, -0.2) is 25.1 Å². The molecule has 104 valence electrons. The van der Waals surface area contributed by atoms with E-state index < -0.39 is 0 Å². The first kappa shape index (κ1) is 15.2. The minimum Gasteiger partial charge on any atom is -0.491 e. The predicted octanol–water partition coefficient (Wildman–Crippen LogP) is 2.58. The SMILES string of the molecule is C=CCNCC(=O)Nc1cccc(OC(C)CC)c1. The van der Waals surface area contributed by atoms with Crippen molar-refractivity contribution in [2.75, 3.05) is 18.4 Å². The third kappa shape index (κ3) is 6.06. The highest BCUT2D eigenvalue weighted by Crippen LogP contribution is 2.19. The summed E-state index contributed by atoms with van der Waals surface area (Å²) in [4.78, 5) is 11.6. The van der Waals surface area contributed by atoms with Gasteiger partial charge in [0.2, 0.25) is 5.91 Å². The highest BCUT2D eigenvalue weighted by Gasteiger charge is 2.04. The van der Waals surface area contributed by atoms with Gasteiger partial charge in [-0.3, -0.25) is 4.79 Å². The third-order valence-electron chi connectivity index (χ3n) is 2.60. The number of rotatable bonds is 8. The second kappa shape index (κ2) is 8.32. The third-order valence-corrected chi connectivity index (χ3v) is 2.60. The Morgan fingerprint density at radius 1 is 1.53 bits per heavy atom. The molecule has 0 fully saturated rings. The Morgan fingerprint density at radius 3 is 3.00 bits per heavy atom. The van der Waals surface area contributed by atoms with Gasteiger partial charge in [0, 0.05) is 18.3 Å². The molecule has 1 atom stereocenters. The van der Waals surface area contributed by atoms with Gasteiger partial charge in [0.25, 0.3) is 0 Å². The van der Waals surface area contributed by atoms with Crippen LogP contribution in [0.25, 0.3) is 0 Å². The van der Waals surface area contributed by atoms with E-state index in [1.165, 1.54) is 0 Å². The van der Waals surface area contributed by atoms with Crippen molar-refractivity contribution in [2.24, 2.45) is 0 Å². The van der Waals surface area contributed by atoms with E-state index in [1.807, 2.05) is 31.2 Å². The number of ether oxygens (including phenoxy) is 1. The van der Waals surface area contributed by atoms with Crippen molar-refractivity contribution in [1.82, 2.24) is 5.32 Å². The molecule has 0 bridgehead atoms. The minimum absolute atomic E-state index is 0.0810. The van der Waals surface area contributed by atoms with Crippen molar-refractivity contribution < 1.29 is 9.53 Å². The number of amides is 1. The fourth-order valence-electron chi connectivity index (χ4n) is 1.46. The van der Waals surface area contributed by atoms with Gasteiger partial charge in [-0.25, -0.2) is 0 Å². The van der Waals surface area contributed by atoms with E-state index in [2.05, 4.69) is 24.1 Å². The Labute approximate surface area is 114 Å². The first-order chi connectivity index (χ1) is 9.15. The highest BCUT2D eigenvalue weighted by molar-refractivity contribution is 5.92. The highest BCUT2D eigenvalue weighted by atomic mass is 16.5. The lowest BCUT2D eigenvalue weighted by molar-refractivity contribution is -0.115. The zero-order valence-corrected chi connectivity index (χ0v) is 11.6. The molecule has 0 saturated carbocycles. The van der Waals surface area contributed by atoms with Gasteiger partial charge in [-0.15, -0.1) is 6.58 Å². The molecule has 4 heteroatoms. The predicted molar refractivity (Wildman–Crippen MR) is 78.5 cm³/mol. The second-order valence-corrected chi connectivity index (χ2v) is 4.33. The van der Waals surface area contributed by atoms with Crippen LogP contribution in [0.2, 0.25) is 0 Å². The number of hydrogen-bond acceptors (Lipinski definition) is 3. The summed E-state index contributed by atoms with van der Waals surface area (Å²) in [5.41, 5.74) is 0.742. The maximum Gasteiger partial charge on any atom is 0.238 e. The van der Waals surface area contributed by atoms with Crippen LogP contribution in [0.1, 0.15) is 20.3 Å². The molecule has 4 nitrogen and oxygen atoms in total. The zero-order chi connectivity index (χ0) is 14.1. The molecule has 19 heavy (non-hydrogen) atoms. The van der Waals surface area contributed by atoms with Crippen molar-refractivity contribution >= 4 is 11.6 Å². The van der Waals surface area contributed by atoms with Crippen LogP contribution in [0.4, 0.5) is 5.69 Å². The quantitative estimate of drug-likeness (QED) is 0.559. The van der Waals surface area contributed by atoms with Gasteiger partial charge in [-0.05, 0) is 25.5 Å². The molecular weight excluding hydrogens is 240 g/mol. The maximum atomic E-state index is 11.6. The summed E-state index contributed by atoms with van der Waals surface area (Å²) in [5, 5.41) is 5.77. The van der Waals surface area contributed by atoms with E-state index in [1.54, 1.807) is 6.08 Å². The Balaban J connectivity index is 2.51. The van der Waals surface area contributed by atoms with E-state index in [0.29, 0.717) is 6.54 Å². The van der Waals surface area contributed by atoms with Gasteiger partial charge < -0.3 is 15.4 Å². The topological polar surface area (TPSA) is 50.4 Å². The number of carbonyl (C=O) groups excluding carboxylic acids is 1. The molecule has 0 spiro atoms. The van der Waals surface area contributed by atoms with Crippen LogP contribution in [0.3, 0.4) is 0 Å². The molecule has 0 aliphatic carbocycles. The van der Waals surface area contributed by atoms with E-state index in [0.717, 1.165) is 17.9 Å². The molecule has 0 aromatic heterocycles. The summed E-state index contributed by atoms with van der Waals surface area (Å²) in [6.07, 6.45) is 2.83. The van der Waals surface area contributed by atoms with Crippen LogP contribution in [-0.2, 0) is 4.79 Å². The summed E-state index contributed by atoms with van der Waals surface area (Å²) < 4.78 is 5.70. The standard InChI is InChI=1S/C15H22N2O2/c1-4-9-16-11-15(18)17-13-7-6-8-14(10-13)19-12(3)5-2/h4,6-8,10,12,16H,1,5,9,11H2,2-3H3,(H,17,18). The molecular formula is C15H22N2O2. The van der Waals surface area contributed by atoms with Crippen LogP contribution in [0.15, 0.2) is 36.9 Å². The Morgan fingerprint density at radius 2 is 2.32 bits per heavy atom. The largest absolute Gasteiger partial charge is 0.491 e. The number of anilines is 1. The van der Waals surface area contributed by atoms with Crippen LogP contribution < -0.4 is 15.4 Å². The fraction of sp³-hybridized carbons (Fsp3) is 0.400. The normalized spacial score (nSPS) is 11.7. The summed E-state index contributed by atoms with van der Waals surface area (Å²) in [6, 6.07) is 7.43. The van der Waals surface area contributed by atoms with Gasteiger partial charge in [-0.1, -0.05) is 19.1 Å². The summed E-state index contributed by atoms with van der Waals surface area (Å²) in [5.74, 6) is 0.689. The lowest BCUT2D eigenvalue weighted by atomic mass is 10.2. The monoisotopic (exact) mass is 262 g/mol. The number of nitrogens with one attached hydrogen (secondary N) is 2. The van der Waals surface area contributed by atoms with E-state index in [4.69, 9.17) is 4.74 Å². The Hall–Kier alpha value is -1.81. The van der Waals surface area contributed by atoms with Crippen LogP contribution in [0, 0.1) is 0 Å². The van der Waals surface area contributed by atoms with E-state index in [9.17, 15) is 4.79 Å². The smallest absolute Gasteiger partial charge is 0.238 e. The van der Waals surface area contributed by atoms with Crippen molar-refractivity contribution in [3.05, 3.63) is 36.9 Å². The van der Waals surface area contributed by atoms with Crippen LogP contribution in [0.5, 0.6) is 5.75 Å². The lowest BCUT2D eigenvalue weighted by Gasteiger charge is -2.13. The molecule has 0 saturated heterocycles. The Bertz CT molecular complexity index is 418. The van der Waals surface area contributed by atoms with E-state index >= 15 is 0 Å². The van der Waals surface area contributed by atoms with Gasteiger partial charge in [-0.2, -0.15) is 0 Å². The van der Waals surface area contributed by atoms with Gasteiger partial charge in [0.15, 0.2) is 0 Å². The molecule has 0 heterocycles. The molecule has 1 aromatic carbocycles. The number of hydrogen-bond donors (Lipinski definition) is 2. The maximum absolute atomic E-state index is 11.6. The summed E-state index contributed by atoms with van der Waals surface area (Å²) in [7, 11) is 0. The van der Waals surface area contributed by atoms with Gasteiger partial charge in [0.05, 0.1) is 12.6 Å². The second-order valence-electron chi connectivity index (χ2n) is 4.33. The first-order valence-corrected chi connectivity index (χ1v) is 6.54. The van der Waals surface area contributed by atoms with Crippen molar-refractivity contribution in [2.45, 2.75) is 26.4 Å². The van der Waals surface area contributed by atoms with Crippen molar-refractivity contribution in [3.63, 3.8) is 0 Å². The van der Waals surface area contributed by atoms with Crippen molar-refractivity contribution in [1.29, 1.82) is 0 Å². The van der Waals surface area contributed by atoms with Crippen LogP contribution >= 0.6 is 0 Å². The fourth-order valence-corrected chi connectivity index (χ4v) is 1.46. The number of carbonyl (C=O) groups is 1. The molecule has 2 N–H and O–H groups in total.